The molecule has 0 spiro atoms. The van der Waals surface area contributed by atoms with Crippen molar-refractivity contribution in [1.82, 2.24) is 0 Å². The van der Waals surface area contributed by atoms with Gasteiger partial charge in [0.25, 0.3) is 0 Å². The summed E-state index contributed by atoms with van der Waals surface area (Å²) < 4.78 is 0. The molecular formula is C10H11ClOS. The van der Waals surface area contributed by atoms with E-state index in [0.29, 0.717) is 5.56 Å². The van der Waals surface area contributed by atoms with Crippen molar-refractivity contribution < 1.29 is 4.79 Å². The Labute approximate surface area is 87.5 Å². The number of benzene rings is 1. The van der Waals surface area contributed by atoms with Crippen LogP contribution in [0.3, 0.4) is 0 Å². The topological polar surface area (TPSA) is 17.1 Å². The van der Waals surface area contributed by atoms with Gasteiger partial charge in [0.1, 0.15) is 0 Å². The van der Waals surface area contributed by atoms with Gasteiger partial charge in [-0.2, -0.15) is 11.8 Å². The maximum Gasteiger partial charge on any atom is 0.177 e. The third-order valence-corrected chi connectivity index (χ3v) is 2.57. The minimum absolute atomic E-state index is 0.0163. The van der Waals surface area contributed by atoms with E-state index in [-0.39, 0.29) is 11.7 Å². The van der Waals surface area contributed by atoms with E-state index < -0.39 is 0 Å². The molecule has 0 bridgehead atoms. The molecule has 1 nitrogen and oxygen atoms in total. The number of rotatable bonds is 4. The van der Waals surface area contributed by atoms with Crippen molar-refractivity contribution in [3.63, 3.8) is 0 Å². The minimum atomic E-state index is -0.0163. The van der Waals surface area contributed by atoms with Crippen molar-refractivity contribution in [3.8, 4) is 0 Å². The standard InChI is InChI=1S/C10H11ClOS/c1-13-7-8-2-4-9(5-3-8)10(12)6-11/h2-5H,6-7H2,1H3. The van der Waals surface area contributed by atoms with E-state index in [4.69, 9.17) is 11.6 Å². The second kappa shape index (κ2) is 5.30. The highest BCUT2D eigenvalue weighted by Crippen LogP contribution is 2.11. The normalized spacial score (nSPS) is 10.0. The monoisotopic (exact) mass is 214 g/mol. The van der Waals surface area contributed by atoms with Crippen molar-refractivity contribution in [2.75, 3.05) is 12.1 Å². The molecule has 0 fully saturated rings. The zero-order valence-corrected chi connectivity index (χ0v) is 8.99. The van der Waals surface area contributed by atoms with E-state index in [1.54, 1.807) is 11.8 Å². The molecule has 0 N–H and O–H groups in total. The van der Waals surface area contributed by atoms with Gasteiger partial charge in [-0.15, -0.1) is 11.6 Å². The highest BCUT2D eigenvalue weighted by atomic mass is 35.5. The Balaban J connectivity index is 2.75. The first kappa shape index (κ1) is 10.6. The van der Waals surface area contributed by atoms with E-state index >= 15 is 0 Å². The molecule has 1 aromatic carbocycles. The van der Waals surface area contributed by atoms with Crippen molar-refractivity contribution in [3.05, 3.63) is 35.4 Å². The van der Waals surface area contributed by atoms with Crippen LogP contribution in [0, 0.1) is 0 Å². The van der Waals surface area contributed by atoms with Gasteiger partial charge in [0, 0.05) is 11.3 Å². The summed E-state index contributed by atoms with van der Waals surface area (Å²) in [4.78, 5) is 11.1. The Hall–Kier alpha value is -0.470. The van der Waals surface area contributed by atoms with Gasteiger partial charge in [-0.3, -0.25) is 4.79 Å². The lowest BCUT2D eigenvalue weighted by Crippen LogP contribution is -1.99. The summed E-state index contributed by atoms with van der Waals surface area (Å²) in [7, 11) is 0. The Morgan fingerprint density at radius 1 is 1.38 bits per heavy atom. The van der Waals surface area contributed by atoms with E-state index in [2.05, 4.69) is 6.26 Å². The molecule has 70 valence electrons. The molecule has 13 heavy (non-hydrogen) atoms. The number of ketones is 1. The largest absolute Gasteiger partial charge is 0.293 e. The molecule has 0 saturated heterocycles. The summed E-state index contributed by atoms with van der Waals surface area (Å²) in [6, 6.07) is 7.60. The Morgan fingerprint density at radius 2 is 2.00 bits per heavy atom. The minimum Gasteiger partial charge on any atom is -0.293 e. The highest BCUT2D eigenvalue weighted by Gasteiger charge is 2.02. The first-order chi connectivity index (χ1) is 6.27. The molecular weight excluding hydrogens is 204 g/mol. The second-order valence-electron chi connectivity index (χ2n) is 2.69. The number of carbonyl (C=O) groups is 1. The van der Waals surface area contributed by atoms with E-state index in [1.165, 1.54) is 5.56 Å². The summed E-state index contributed by atoms with van der Waals surface area (Å²) in [6.07, 6.45) is 2.05. The predicted molar refractivity (Wildman–Crippen MR) is 58.7 cm³/mol. The number of alkyl halides is 1. The smallest absolute Gasteiger partial charge is 0.177 e. The highest BCUT2D eigenvalue weighted by molar-refractivity contribution is 7.97. The van der Waals surface area contributed by atoms with Crippen molar-refractivity contribution in [2.24, 2.45) is 0 Å². The zero-order chi connectivity index (χ0) is 9.68. The van der Waals surface area contributed by atoms with Gasteiger partial charge < -0.3 is 0 Å². The summed E-state index contributed by atoms with van der Waals surface area (Å²) in [5.41, 5.74) is 1.93. The molecule has 1 aromatic rings. The summed E-state index contributed by atoms with van der Waals surface area (Å²) in [5.74, 6) is 1.02. The number of carbonyl (C=O) groups excluding carboxylic acids is 1. The zero-order valence-electron chi connectivity index (χ0n) is 7.42. The van der Waals surface area contributed by atoms with Crippen LogP contribution in [0.2, 0.25) is 0 Å². The molecule has 0 radical (unpaired) electrons. The van der Waals surface area contributed by atoms with Crippen LogP contribution in [0.25, 0.3) is 0 Å². The average molecular weight is 215 g/mol. The van der Waals surface area contributed by atoms with Crippen LogP contribution in [0.4, 0.5) is 0 Å². The van der Waals surface area contributed by atoms with Gasteiger partial charge in [0.15, 0.2) is 5.78 Å². The lowest BCUT2D eigenvalue weighted by molar-refractivity contribution is 0.102. The van der Waals surface area contributed by atoms with E-state index in [1.807, 2.05) is 24.3 Å². The second-order valence-corrected chi connectivity index (χ2v) is 3.82. The predicted octanol–water partition coefficient (Wildman–Crippen LogP) is 2.97. The first-order valence-electron chi connectivity index (χ1n) is 3.95. The average Bonchev–Trinajstić information content (AvgIpc) is 2.18. The third kappa shape index (κ3) is 3.05. The SMILES string of the molecule is CSCc1ccc(C(=O)CCl)cc1. The number of hydrogen-bond donors (Lipinski definition) is 0. The van der Waals surface area contributed by atoms with Crippen LogP contribution < -0.4 is 0 Å². The molecule has 3 heteroatoms. The molecule has 0 aliphatic heterocycles. The van der Waals surface area contributed by atoms with E-state index in [9.17, 15) is 4.79 Å². The van der Waals surface area contributed by atoms with Crippen LogP contribution in [-0.4, -0.2) is 17.9 Å². The number of Topliss-reactive ketones (excluding diaryl/α,β-unsaturated/α-hetero) is 1. The van der Waals surface area contributed by atoms with Gasteiger partial charge in [-0.25, -0.2) is 0 Å². The maximum absolute atomic E-state index is 11.1. The lowest BCUT2D eigenvalue weighted by Gasteiger charge is -1.99. The Bertz CT molecular complexity index is 281. The molecule has 0 aliphatic rings. The molecule has 0 aliphatic carbocycles. The number of halogens is 1. The number of hydrogen-bond acceptors (Lipinski definition) is 2. The molecule has 0 aromatic heterocycles. The van der Waals surface area contributed by atoms with Gasteiger partial charge in [0.2, 0.25) is 0 Å². The van der Waals surface area contributed by atoms with E-state index in [0.717, 1.165) is 5.75 Å². The molecule has 0 heterocycles. The first-order valence-corrected chi connectivity index (χ1v) is 5.88. The molecule has 0 unspecified atom stereocenters. The maximum atomic E-state index is 11.1. The molecule has 0 amide bonds. The summed E-state index contributed by atoms with van der Waals surface area (Å²) in [6.45, 7) is 0. The van der Waals surface area contributed by atoms with Crippen LogP contribution in [0.5, 0.6) is 0 Å². The Morgan fingerprint density at radius 3 is 2.46 bits per heavy atom. The van der Waals surface area contributed by atoms with Crippen molar-refractivity contribution >= 4 is 29.1 Å². The fourth-order valence-corrected chi connectivity index (χ4v) is 1.71. The summed E-state index contributed by atoms with van der Waals surface area (Å²) >= 11 is 7.20. The van der Waals surface area contributed by atoms with Crippen molar-refractivity contribution in [2.45, 2.75) is 5.75 Å². The van der Waals surface area contributed by atoms with Crippen molar-refractivity contribution in [1.29, 1.82) is 0 Å². The van der Waals surface area contributed by atoms with Crippen LogP contribution in [-0.2, 0) is 5.75 Å². The summed E-state index contributed by atoms with van der Waals surface area (Å²) in [5, 5.41) is 0. The third-order valence-electron chi connectivity index (χ3n) is 1.71. The van der Waals surface area contributed by atoms with Gasteiger partial charge in [-0.1, -0.05) is 24.3 Å². The number of thioether (sulfide) groups is 1. The molecule has 0 saturated carbocycles. The van der Waals surface area contributed by atoms with Crippen LogP contribution in [0.15, 0.2) is 24.3 Å². The van der Waals surface area contributed by atoms with Gasteiger partial charge >= 0.3 is 0 Å². The molecule has 0 atom stereocenters. The lowest BCUT2D eigenvalue weighted by atomic mass is 10.1. The van der Waals surface area contributed by atoms with Crippen LogP contribution >= 0.6 is 23.4 Å². The molecule has 1 rings (SSSR count). The Kier molecular flexibility index (Phi) is 4.33. The van der Waals surface area contributed by atoms with Crippen LogP contribution in [0.1, 0.15) is 15.9 Å². The quantitative estimate of drug-likeness (QED) is 0.566. The van der Waals surface area contributed by atoms with Gasteiger partial charge in [-0.05, 0) is 11.8 Å². The fraction of sp³-hybridized carbons (Fsp3) is 0.300. The van der Waals surface area contributed by atoms with Gasteiger partial charge in [0.05, 0.1) is 5.88 Å². The fourth-order valence-electron chi connectivity index (χ4n) is 1.03.